The van der Waals surface area contributed by atoms with E-state index in [-0.39, 0.29) is 35.0 Å². The van der Waals surface area contributed by atoms with Gasteiger partial charge in [-0.25, -0.2) is 0 Å². The molecule has 3 rings (SSSR count). The van der Waals surface area contributed by atoms with Gasteiger partial charge in [-0.1, -0.05) is 12.1 Å². The summed E-state index contributed by atoms with van der Waals surface area (Å²) in [5.41, 5.74) is 0.880. The Hall–Kier alpha value is -5.24. The number of nitrogens with one attached hydrogen (secondary N) is 1. The van der Waals surface area contributed by atoms with Gasteiger partial charge in [0.2, 0.25) is 0 Å². The van der Waals surface area contributed by atoms with Gasteiger partial charge in [-0.15, -0.1) is 0 Å². The third-order valence-corrected chi connectivity index (χ3v) is 4.75. The van der Waals surface area contributed by atoms with Gasteiger partial charge in [0.1, 0.15) is 29.7 Å². The Labute approximate surface area is 199 Å². The highest BCUT2D eigenvalue weighted by Gasteiger charge is 2.16. The fourth-order valence-electron chi connectivity index (χ4n) is 2.95. The molecule has 0 aliphatic heterocycles. The Kier molecular flexibility index (Phi) is 7.71. The predicted octanol–water partition coefficient (Wildman–Crippen LogP) is 4.64. The average molecular weight is 474 g/mol. The third-order valence-electron chi connectivity index (χ3n) is 4.75. The van der Waals surface area contributed by atoms with Crippen LogP contribution in [0.5, 0.6) is 11.5 Å². The number of anilines is 1. The summed E-state index contributed by atoms with van der Waals surface area (Å²) < 4.78 is 10.8. The molecule has 0 spiro atoms. The molecule has 0 radical (unpaired) electrons. The van der Waals surface area contributed by atoms with Crippen molar-refractivity contribution in [2.45, 2.75) is 6.61 Å². The molecule has 176 valence electrons. The van der Waals surface area contributed by atoms with Gasteiger partial charge in [0.25, 0.3) is 17.3 Å². The van der Waals surface area contributed by atoms with Crippen LogP contribution in [-0.4, -0.2) is 22.9 Å². The number of nitro groups is 2. The van der Waals surface area contributed by atoms with Crippen molar-refractivity contribution in [2.75, 3.05) is 12.4 Å². The molecule has 0 aliphatic carbocycles. The van der Waals surface area contributed by atoms with Crippen LogP contribution in [0.1, 0.15) is 11.1 Å². The number of rotatable bonds is 9. The smallest absolute Gasteiger partial charge is 0.271 e. The molecule has 0 bridgehead atoms. The second-order valence-electron chi connectivity index (χ2n) is 7.05. The number of nitrogens with zero attached hydrogens (tertiary/aromatic N) is 3. The molecule has 0 saturated heterocycles. The van der Waals surface area contributed by atoms with E-state index < -0.39 is 15.8 Å². The zero-order valence-corrected chi connectivity index (χ0v) is 18.3. The van der Waals surface area contributed by atoms with Crippen LogP contribution in [0.15, 0.2) is 72.3 Å². The summed E-state index contributed by atoms with van der Waals surface area (Å²) in [5, 5.41) is 33.6. The fraction of sp³-hybridized carbons (Fsp3) is 0.0833. The first-order valence-corrected chi connectivity index (χ1v) is 10.0. The van der Waals surface area contributed by atoms with Crippen LogP contribution in [-0.2, 0) is 11.4 Å². The first-order chi connectivity index (χ1) is 16.8. The minimum absolute atomic E-state index is 0.00819. The van der Waals surface area contributed by atoms with Crippen molar-refractivity contribution in [1.29, 1.82) is 5.26 Å². The number of nitriles is 1. The minimum atomic E-state index is -0.759. The summed E-state index contributed by atoms with van der Waals surface area (Å²) in [6, 6.07) is 18.1. The zero-order chi connectivity index (χ0) is 25.4. The Balaban J connectivity index is 1.68. The lowest BCUT2D eigenvalue weighted by Gasteiger charge is -2.09. The Morgan fingerprint density at radius 3 is 2.20 bits per heavy atom. The van der Waals surface area contributed by atoms with Gasteiger partial charge in [0.05, 0.1) is 22.6 Å². The number of hydrogen-bond acceptors (Lipinski definition) is 8. The van der Waals surface area contributed by atoms with E-state index in [1.807, 2.05) is 6.07 Å². The van der Waals surface area contributed by atoms with Gasteiger partial charge < -0.3 is 14.8 Å². The van der Waals surface area contributed by atoms with Gasteiger partial charge in [0, 0.05) is 24.3 Å². The van der Waals surface area contributed by atoms with Crippen LogP contribution >= 0.6 is 0 Å². The predicted molar refractivity (Wildman–Crippen MR) is 126 cm³/mol. The van der Waals surface area contributed by atoms with Crippen molar-refractivity contribution in [3.63, 3.8) is 0 Å². The fourth-order valence-corrected chi connectivity index (χ4v) is 2.95. The van der Waals surface area contributed by atoms with Crippen molar-refractivity contribution in [3.05, 3.63) is 104 Å². The molecule has 35 heavy (non-hydrogen) atoms. The second kappa shape index (κ2) is 11.1. The highest BCUT2D eigenvalue weighted by Crippen LogP contribution is 2.29. The summed E-state index contributed by atoms with van der Waals surface area (Å²) in [4.78, 5) is 33.2. The summed E-state index contributed by atoms with van der Waals surface area (Å²) in [5.74, 6) is -0.0367. The van der Waals surface area contributed by atoms with E-state index in [0.717, 1.165) is 11.6 Å². The van der Waals surface area contributed by atoms with Gasteiger partial charge >= 0.3 is 0 Å². The largest absolute Gasteiger partial charge is 0.495 e. The molecule has 3 aromatic rings. The van der Waals surface area contributed by atoms with Gasteiger partial charge in [-0.3, -0.25) is 25.0 Å². The van der Waals surface area contributed by atoms with Crippen molar-refractivity contribution < 1.29 is 24.1 Å². The molecule has 0 fully saturated rings. The normalized spacial score (nSPS) is 10.7. The lowest BCUT2D eigenvalue weighted by atomic mass is 10.1. The molecule has 0 saturated carbocycles. The SMILES string of the molecule is COc1ccc([N+](=O)[O-])cc1NC(=O)/C(C#N)=C/c1ccc(OCc2ccc([N+](=O)[O-])cc2)cc1. The molecular weight excluding hydrogens is 456 g/mol. The molecular formula is C24H18N4O7. The third kappa shape index (κ3) is 6.39. The standard InChI is InChI=1S/C24H18N4O7/c1-34-23-11-8-20(28(32)33)13-22(23)26-24(29)18(14-25)12-16-4-9-21(10-5-16)35-15-17-2-6-19(7-3-17)27(30)31/h2-13H,15H2,1H3,(H,26,29)/b18-12+. The van der Waals surface area contributed by atoms with Gasteiger partial charge in [-0.2, -0.15) is 5.26 Å². The van der Waals surface area contributed by atoms with E-state index in [4.69, 9.17) is 9.47 Å². The van der Waals surface area contributed by atoms with Gasteiger partial charge in [-0.05, 0) is 47.5 Å². The molecule has 3 aromatic carbocycles. The first kappa shape index (κ1) is 24.4. The number of non-ortho nitro benzene ring substituents is 2. The quantitative estimate of drug-likeness (QED) is 0.203. The van der Waals surface area contributed by atoms with E-state index in [2.05, 4.69) is 5.32 Å². The Morgan fingerprint density at radius 1 is 1.00 bits per heavy atom. The maximum atomic E-state index is 12.6. The van der Waals surface area contributed by atoms with Crippen LogP contribution < -0.4 is 14.8 Å². The number of carbonyl (C=O) groups excluding carboxylic acids is 1. The summed E-state index contributed by atoms with van der Waals surface area (Å²) >= 11 is 0. The maximum absolute atomic E-state index is 12.6. The lowest BCUT2D eigenvalue weighted by Crippen LogP contribution is -2.14. The minimum Gasteiger partial charge on any atom is -0.495 e. The second-order valence-corrected chi connectivity index (χ2v) is 7.05. The molecule has 0 aliphatic rings. The van der Waals surface area contributed by atoms with E-state index in [1.54, 1.807) is 36.4 Å². The van der Waals surface area contributed by atoms with Crippen molar-refractivity contribution in [1.82, 2.24) is 0 Å². The average Bonchev–Trinajstić information content (AvgIpc) is 2.86. The topological polar surface area (TPSA) is 158 Å². The van der Waals surface area contributed by atoms with Crippen LogP contribution in [0.3, 0.4) is 0 Å². The molecule has 11 heteroatoms. The summed E-state index contributed by atoms with van der Waals surface area (Å²) in [7, 11) is 1.35. The molecule has 0 heterocycles. The molecule has 0 unspecified atom stereocenters. The zero-order valence-electron chi connectivity index (χ0n) is 18.3. The number of hydrogen-bond donors (Lipinski definition) is 1. The highest BCUT2D eigenvalue weighted by atomic mass is 16.6. The number of amides is 1. The summed E-state index contributed by atoms with van der Waals surface area (Å²) in [6.45, 7) is 0.198. The Morgan fingerprint density at radius 2 is 1.63 bits per heavy atom. The van der Waals surface area contributed by atoms with Crippen molar-refractivity contribution in [2.24, 2.45) is 0 Å². The number of carbonyl (C=O) groups is 1. The summed E-state index contributed by atoms with van der Waals surface area (Å²) in [6.07, 6.45) is 1.36. The molecule has 0 aromatic heterocycles. The van der Waals surface area contributed by atoms with Crippen LogP contribution in [0, 0.1) is 31.6 Å². The van der Waals surface area contributed by atoms with E-state index in [0.29, 0.717) is 11.3 Å². The molecule has 1 N–H and O–H groups in total. The van der Waals surface area contributed by atoms with E-state index in [1.165, 1.54) is 37.5 Å². The number of nitro benzene ring substituents is 2. The van der Waals surface area contributed by atoms with Crippen molar-refractivity contribution >= 4 is 29.0 Å². The van der Waals surface area contributed by atoms with Crippen LogP contribution in [0.2, 0.25) is 0 Å². The number of benzene rings is 3. The monoisotopic (exact) mass is 474 g/mol. The van der Waals surface area contributed by atoms with Gasteiger partial charge in [0.15, 0.2) is 0 Å². The highest BCUT2D eigenvalue weighted by molar-refractivity contribution is 6.10. The molecule has 1 amide bonds. The first-order valence-electron chi connectivity index (χ1n) is 10.0. The van der Waals surface area contributed by atoms with Crippen LogP contribution in [0.25, 0.3) is 6.08 Å². The number of ether oxygens (including phenoxy) is 2. The van der Waals surface area contributed by atoms with E-state index >= 15 is 0 Å². The number of methoxy groups -OCH3 is 1. The molecule has 11 nitrogen and oxygen atoms in total. The Bertz CT molecular complexity index is 1330. The maximum Gasteiger partial charge on any atom is 0.271 e. The lowest BCUT2D eigenvalue weighted by molar-refractivity contribution is -0.385. The van der Waals surface area contributed by atoms with Crippen molar-refractivity contribution in [3.8, 4) is 17.6 Å². The van der Waals surface area contributed by atoms with Crippen LogP contribution in [0.4, 0.5) is 17.1 Å². The van der Waals surface area contributed by atoms with E-state index in [9.17, 15) is 30.3 Å². The molecule has 0 atom stereocenters.